The van der Waals surface area contributed by atoms with E-state index in [4.69, 9.17) is 0 Å². The Morgan fingerprint density at radius 3 is 1.04 bits per heavy atom. The normalized spacial score (nSPS) is 11.1. The van der Waals surface area contributed by atoms with Gasteiger partial charge in [0.25, 0.3) is 18.2 Å². The van der Waals surface area contributed by atoms with Crippen molar-refractivity contribution in [1.82, 2.24) is 0 Å². The SMILES string of the molecule is CCCCCCCCCC(=C(F)F)c1ccc(C(CCCCCCCCC)=C(F)F)c(C(CCCCCCCCC)=C(F)F)c1. The van der Waals surface area contributed by atoms with Gasteiger partial charge in [-0.2, -0.15) is 26.3 Å². The minimum atomic E-state index is -1.92. The summed E-state index contributed by atoms with van der Waals surface area (Å²) in [6.07, 6.45) is 14.7. The molecule has 0 fully saturated rings. The first-order valence-corrected chi connectivity index (χ1v) is 18.1. The summed E-state index contributed by atoms with van der Waals surface area (Å²) in [6.45, 7) is 6.41. The molecule has 0 bridgehead atoms. The van der Waals surface area contributed by atoms with E-state index < -0.39 is 18.2 Å². The molecule has 0 aromatic heterocycles. The molecule has 0 aliphatic heterocycles. The number of halogens is 6. The molecule has 0 unspecified atom stereocenters. The van der Waals surface area contributed by atoms with Crippen LogP contribution in [0.3, 0.4) is 0 Å². The molecule has 0 saturated carbocycles. The van der Waals surface area contributed by atoms with E-state index in [9.17, 15) is 26.3 Å². The average molecular weight is 643 g/mol. The quantitative estimate of drug-likeness (QED) is 0.0662. The smallest absolute Gasteiger partial charge is 0.173 e. The minimum Gasteiger partial charge on any atom is -0.173 e. The van der Waals surface area contributed by atoms with Gasteiger partial charge in [0.05, 0.1) is 0 Å². The highest BCUT2D eigenvalue weighted by atomic mass is 19.3. The molecule has 1 aromatic carbocycles. The fourth-order valence-electron chi connectivity index (χ4n) is 6.03. The zero-order valence-electron chi connectivity index (χ0n) is 28.5. The Balaban J connectivity index is 3.28. The van der Waals surface area contributed by atoms with Gasteiger partial charge in [0.2, 0.25) is 0 Å². The molecule has 1 rings (SSSR count). The molecule has 0 spiro atoms. The number of rotatable bonds is 27. The molecule has 0 saturated heterocycles. The molecular formula is C39H60F6. The number of benzene rings is 1. The van der Waals surface area contributed by atoms with Crippen LogP contribution < -0.4 is 0 Å². The summed E-state index contributed by atoms with van der Waals surface area (Å²) in [5.74, 6) is 0. The van der Waals surface area contributed by atoms with E-state index in [-0.39, 0.29) is 52.7 Å². The lowest BCUT2D eigenvalue weighted by Crippen LogP contribution is -2.00. The highest BCUT2D eigenvalue weighted by Crippen LogP contribution is 2.39. The number of allylic oxidation sites excluding steroid dienone is 3. The van der Waals surface area contributed by atoms with Gasteiger partial charge in [-0.3, -0.25) is 0 Å². The number of hydrogen-bond donors (Lipinski definition) is 0. The van der Waals surface area contributed by atoms with E-state index in [0.29, 0.717) is 19.3 Å². The molecule has 0 amide bonds. The molecule has 0 atom stereocenters. The molecule has 0 aliphatic rings. The summed E-state index contributed by atoms with van der Waals surface area (Å²) in [4.78, 5) is 0. The van der Waals surface area contributed by atoms with Crippen LogP contribution in [0.1, 0.15) is 192 Å². The summed E-state index contributed by atoms with van der Waals surface area (Å²) in [7, 11) is 0. The Labute approximate surface area is 270 Å². The second-order valence-electron chi connectivity index (χ2n) is 12.6. The fraction of sp³-hybridized carbons (Fsp3) is 0.692. The Morgan fingerprint density at radius 1 is 0.378 bits per heavy atom. The van der Waals surface area contributed by atoms with Crippen molar-refractivity contribution in [2.45, 2.75) is 175 Å². The molecule has 0 heterocycles. The van der Waals surface area contributed by atoms with E-state index in [1.807, 2.05) is 0 Å². The van der Waals surface area contributed by atoms with Gasteiger partial charge in [-0.25, -0.2) is 0 Å². The maximum atomic E-state index is 14.5. The molecule has 258 valence electrons. The van der Waals surface area contributed by atoms with Crippen molar-refractivity contribution in [1.29, 1.82) is 0 Å². The van der Waals surface area contributed by atoms with E-state index in [2.05, 4.69) is 20.8 Å². The highest BCUT2D eigenvalue weighted by molar-refractivity contribution is 5.83. The van der Waals surface area contributed by atoms with Crippen LogP contribution in [0.2, 0.25) is 0 Å². The standard InChI is InChI=1S/C39H60F6/c1-4-7-10-13-16-19-22-25-32(37(40)41)31-28-29-33(34(38(42)43)26-23-20-17-14-11-8-5-2)36(30-31)35(39(44)45)27-24-21-18-15-12-9-6-3/h28-30H,4-27H2,1-3H3. The van der Waals surface area contributed by atoms with Crippen LogP contribution in [0.25, 0.3) is 16.7 Å². The van der Waals surface area contributed by atoms with Crippen molar-refractivity contribution in [2.75, 3.05) is 0 Å². The Morgan fingerprint density at radius 2 is 0.689 bits per heavy atom. The molecule has 0 aliphatic carbocycles. The van der Waals surface area contributed by atoms with Gasteiger partial charge in [0.1, 0.15) is 0 Å². The van der Waals surface area contributed by atoms with Crippen LogP contribution in [0, 0.1) is 0 Å². The minimum absolute atomic E-state index is 0.0254. The third kappa shape index (κ3) is 17.5. The van der Waals surface area contributed by atoms with Gasteiger partial charge < -0.3 is 0 Å². The van der Waals surface area contributed by atoms with Crippen molar-refractivity contribution >= 4 is 16.7 Å². The van der Waals surface area contributed by atoms with Crippen molar-refractivity contribution in [3.63, 3.8) is 0 Å². The van der Waals surface area contributed by atoms with Crippen LogP contribution in [0.4, 0.5) is 26.3 Å². The van der Waals surface area contributed by atoms with E-state index in [1.165, 1.54) is 18.2 Å². The number of hydrogen-bond acceptors (Lipinski definition) is 0. The lowest BCUT2D eigenvalue weighted by Gasteiger charge is -2.18. The summed E-state index contributed by atoms with van der Waals surface area (Å²) in [5, 5.41) is 0. The van der Waals surface area contributed by atoms with Crippen LogP contribution in [0.5, 0.6) is 0 Å². The zero-order valence-corrected chi connectivity index (χ0v) is 28.5. The molecule has 0 radical (unpaired) electrons. The second-order valence-corrected chi connectivity index (χ2v) is 12.6. The van der Waals surface area contributed by atoms with Crippen molar-refractivity contribution in [3.05, 3.63) is 53.1 Å². The summed E-state index contributed by atoms with van der Waals surface area (Å²) < 4.78 is 86.3. The van der Waals surface area contributed by atoms with Gasteiger partial charge >= 0.3 is 0 Å². The summed E-state index contributed by atoms with van der Waals surface area (Å²) in [6, 6.07) is 4.13. The number of unbranched alkanes of at least 4 members (excludes halogenated alkanes) is 18. The molecule has 45 heavy (non-hydrogen) atoms. The van der Waals surface area contributed by atoms with Crippen LogP contribution >= 0.6 is 0 Å². The maximum Gasteiger partial charge on any atom is 0.274 e. The molecule has 1 aromatic rings. The van der Waals surface area contributed by atoms with E-state index >= 15 is 0 Å². The molecule has 0 N–H and O–H groups in total. The van der Waals surface area contributed by atoms with Gasteiger partial charge in [-0.05, 0) is 61.3 Å². The largest absolute Gasteiger partial charge is 0.274 e. The first-order chi connectivity index (χ1) is 21.8. The third-order valence-corrected chi connectivity index (χ3v) is 8.79. The molecule has 0 nitrogen and oxygen atoms in total. The monoisotopic (exact) mass is 642 g/mol. The Kier molecular flexibility index (Phi) is 23.8. The summed E-state index contributed by atoms with van der Waals surface area (Å²) >= 11 is 0. The topological polar surface area (TPSA) is 0 Å². The first-order valence-electron chi connectivity index (χ1n) is 18.1. The Hall–Kier alpha value is -1.98. The lowest BCUT2D eigenvalue weighted by atomic mass is 9.87. The van der Waals surface area contributed by atoms with Gasteiger partial charge in [-0.1, -0.05) is 148 Å². The van der Waals surface area contributed by atoms with Gasteiger partial charge in [0.15, 0.2) is 0 Å². The Bertz CT molecular complexity index is 1010. The molecular weight excluding hydrogens is 582 g/mol. The maximum absolute atomic E-state index is 14.5. The van der Waals surface area contributed by atoms with E-state index in [1.54, 1.807) is 0 Å². The van der Waals surface area contributed by atoms with Crippen molar-refractivity contribution in [2.24, 2.45) is 0 Å². The molecule has 6 heteroatoms. The van der Waals surface area contributed by atoms with Gasteiger partial charge in [-0.15, -0.1) is 0 Å². The average Bonchev–Trinajstić information content (AvgIpc) is 3.01. The van der Waals surface area contributed by atoms with E-state index in [0.717, 1.165) is 116 Å². The summed E-state index contributed by atoms with van der Waals surface area (Å²) in [5.41, 5.74) is -0.556. The predicted octanol–water partition coefficient (Wildman–Crippen LogP) is 15.9. The third-order valence-electron chi connectivity index (χ3n) is 8.79. The first kappa shape index (κ1) is 41.0. The van der Waals surface area contributed by atoms with Crippen molar-refractivity contribution < 1.29 is 26.3 Å². The van der Waals surface area contributed by atoms with Crippen LogP contribution in [-0.2, 0) is 0 Å². The second kappa shape index (κ2) is 26.1. The predicted molar refractivity (Wildman–Crippen MR) is 182 cm³/mol. The zero-order chi connectivity index (χ0) is 33.3. The van der Waals surface area contributed by atoms with Crippen LogP contribution in [0.15, 0.2) is 36.4 Å². The van der Waals surface area contributed by atoms with Crippen molar-refractivity contribution in [3.8, 4) is 0 Å². The fourth-order valence-corrected chi connectivity index (χ4v) is 6.03. The van der Waals surface area contributed by atoms with Gasteiger partial charge in [0, 0.05) is 16.7 Å². The lowest BCUT2D eigenvalue weighted by molar-refractivity contribution is 0.419. The van der Waals surface area contributed by atoms with Crippen LogP contribution in [-0.4, -0.2) is 0 Å². The highest BCUT2D eigenvalue weighted by Gasteiger charge is 2.21.